The summed E-state index contributed by atoms with van der Waals surface area (Å²) < 4.78 is 40.8. The number of rotatable bonds is 3. The summed E-state index contributed by atoms with van der Waals surface area (Å²) in [6.45, 7) is 0.520. The molecule has 0 atom stereocenters. The number of alkyl halides is 3. The second-order valence-corrected chi connectivity index (χ2v) is 5.61. The first kappa shape index (κ1) is 14.9. The number of anilines is 1. The maximum absolute atomic E-state index is 13.2. The Morgan fingerprint density at radius 2 is 2.08 bits per heavy atom. The topological polar surface area (TPSA) is 84.3 Å². The Labute approximate surface area is 134 Å². The highest BCUT2D eigenvalue weighted by Crippen LogP contribution is 2.33. The van der Waals surface area contributed by atoms with E-state index in [-0.39, 0.29) is 6.54 Å². The Morgan fingerprint density at radius 3 is 2.92 bits per heavy atom. The molecule has 4 heterocycles. The van der Waals surface area contributed by atoms with E-state index in [2.05, 4.69) is 30.2 Å². The van der Waals surface area contributed by atoms with Crippen LogP contribution in [0.15, 0.2) is 12.7 Å². The highest BCUT2D eigenvalue weighted by atomic mass is 19.4. The lowest BCUT2D eigenvalue weighted by Gasteiger charge is -2.18. The fraction of sp³-hybridized carbons (Fsp3) is 0.429. The lowest BCUT2D eigenvalue weighted by atomic mass is 10.1. The number of halogens is 3. The van der Waals surface area contributed by atoms with E-state index in [4.69, 9.17) is 0 Å². The zero-order valence-corrected chi connectivity index (χ0v) is 12.6. The first-order chi connectivity index (χ1) is 11.5. The summed E-state index contributed by atoms with van der Waals surface area (Å²) in [5.74, 6) is -0.327. The minimum absolute atomic E-state index is 0.163. The number of aromatic amines is 1. The second-order valence-electron chi connectivity index (χ2n) is 5.61. The van der Waals surface area contributed by atoms with Gasteiger partial charge in [0.05, 0.1) is 18.6 Å². The summed E-state index contributed by atoms with van der Waals surface area (Å²) in [4.78, 5) is 18.9. The first-order valence-corrected chi connectivity index (χ1v) is 7.57. The summed E-state index contributed by atoms with van der Waals surface area (Å²) in [6, 6.07) is 0. The summed E-state index contributed by atoms with van der Waals surface area (Å²) in [7, 11) is 0. The van der Waals surface area contributed by atoms with Crippen molar-refractivity contribution >= 4 is 17.0 Å². The Balaban J connectivity index is 1.65. The molecule has 0 bridgehead atoms. The number of hydrogen-bond acceptors (Lipinski definition) is 5. The average molecular weight is 337 g/mol. The molecule has 0 spiro atoms. The number of nitrogens with zero attached hydrogens (tertiary/aromatic N) is 5. The Bertz CT molecular complexity index is 880. The van der Waals surface area contributed by atoms with Gasteiger partial charge in [-0.15, -0.1) is 0 Å². The largest absolute Gasteiger partial charge is 0.449 e. The van der Waals surface area contributed by atoms with Gasteiger partial charge in [-0.05, 0) is 19.3 Å². The van der Waals surface area contributed by atoms with Crippen molar-refractivity contribution in [1.29, 1.82) is 0 Å². The van der Waals surface area contributed by atoms with Crippen LogP contribution in [0.5, 0.6) is 0 Å². The highest BCUT2D eigenvalue weighted by molar-refractivity contribution is 5.81. The third kappa shape index (κ3) is 2.47. The van der Waals surface area contributed by atoms with Gasteiger partial charge in [0.25, 0.3) is 0 Å². The van der Waals surface area contributed by atoms with Crippen molar-refractivity contribution in [2.24, 2.45) is 0 Å². The number of aromatic nitrogens is 6. The summed E-state index contributed by atoms with van der Waals surface area (Å²) in [5, 5.41) is 3.04. The van der Waals surface area contributed by atoms with Crippen LogP contribution >= 0.6 is 0 Å². The predicted molar refractivity (Wildman–Crippen MR) is 79.2 cm³/mol. The molecule has 3 aromatic heterocycles. The van der Waals surface area contributed by atoms with Gasteiger partial charge in [-0.3, -0.25) is 0 Å². The molecule has 0 saturated carbocycles. The van der Waals surface area contributed by atoms with Gasteiger partial charge >= 0.3 is 6.18 Å². The number of imidazole rings is 2. The molecule has 0 unspecified atom stereocenters. The summed E-state index contributed by atoms with van der Waals surface area (Å²) in [5.41, 5.74) is 2.17. The number of nitrogens with one attached hydrogen (secondary N) is 2. The van der Waals surface area contributed by atoms with Crippen LogP contribution in [0.1, 0.15) is 30.1 Å². The van der Waals surface area contributed by atoms with Gasteiger partial charge in [-0.25, -0.2) is 19.9 Å². The van der Waals surface area contributed by atoms with E-state index < -0.39 is 12.0 Å². The molecule has 0 amide bonds. The monoisotopic (exact) mass is 337 g/mol. The van der Waals surface area contributed by atoms with Crippen molar-refractivity contribution in [1.82, 2.24) is 29.5 Å². The van der Waals surface area contributed by atoms with E-state index >= 15 is 0 Å². The van der Waals surface area contributed by atoms with Crippen LogP contribution in [0.2, 0.25) is 0 Å². The molecule has 10 heteroatoms. The molecule has 2 N–H and O–H groups in total. The fourth-order valence-electron chi connectivity index (χ4n) is 3.04. The molecular formula is C14H14F3N7. The first-order valence-electron chi connectivity index (χ1n) is 7.57. The molecular weight excluding hydrogens is 323 g/mol. The zero-order chi connectivity index (χ0) is 16.7. The Morgan fingerprint density at radius 1 is 1.21 bits per heavy atom. The minimum atomic E-state index is -4.45. The van der Waals surface area contributed by atoms with Crippen molar-refractivity contribution in [3.05, 3.63) is 29.9 Å². The van der Waals surface area contributed by atoms with Crippen LogP contribution in [0, 0.1) is 0 Å². The van der Waals surface area contributed by atoms with Gasteiger partial charge in [0.1, 0.15) is 11.8 Å². The van der Waals surface area contributed by atoms with Crippen molar-refractivity contribution in [3.8, 4) is 0 Å². The molecule has 0 radical (unpaired) electrons. The van der Waals surface area contributed by atoms with Crippen LogP contribution < -0.4 is 5.32 Å². The number of hydrogen-bond donors (Lipinski definition) is 2. The minimum Gasteiger partial charge on any atom is -0.362 e. The lowest BCUT2D eigenvalue weighted by Crippen LogP contribution is -2.19. The average Bonchev–Trinajstić information content (AvgIpc) is 3.17. The van der Waals surface area contributed by atoms with Crippen LogP contribution in [0.3, 0.4) is 0 Å². The fourth-order valence-corrected chi connectivity index (χ4v) is 3.04. The van der Waals surface area contributed by atoms with Gasteiger partial charge in [-0.1, -0.05) is 0 Å². The maximum Gasteiger partial charge on any atom is 0.449 e. The molecule has 126 valence electrons. The molecule has 0 aliphatic carbocycles. The lowest BCUT2D eigenvalue weighted by molar-refractivity contribution is -0.147. The van der Waals surface area contributed by atoms with Crippen molar-refractivity contribution in [2.75, 3.05) is 5.32 Å². The summed E-state index contributed by atoms with van der Waals surface area (Å²) >= 11 is 0. The normalized spacial score (nSPS) is 14.8. The second kappa shape index (κ2) is 5.46. The van der Waals surface area contributed by atoms with E-state index in [0.717, 1.165) is 12.8 Å². The van der Waals surface area contributed by atoms with E-state index in [1.165, 1.54) is 17.2 Å². The quantitative estimate of drug-likeness (QED) is 0.767. The smallest absolute Gasteiger partial charge is 0.362 e. The van der Waals surface area contributed by atoms with E-state index in [1.54, 1.807) is 0 Å². The van der Waals surface area contributed by atoms with E-state index in [0.29, 0.717) is 41.3 Å². The highest BCUT2D eigenvalue weighted by Gasteiger charge is 2.39. The summed E-state index contributed by atoms with van der Waals surface area (Å²) in [6.07, 6.45) is 0.605. The Kier molecular flexibility index (Phi) is 3.39. The van der Waals surface area contributed by atoms with Crippen LogP contribution in [0.25, 0.3) is 11.2 Å². The molecule has 4 rings (SSSR count). The molecule has 0 fully saturated rings. The SMILES string of the molecule is FC(F)(F)c1nc(CNc2ncnc3nc[nH]c23)c2n1CCCC2. The molecule has 24 heavy (non-hydrogen) atoms. The predicted octanol–water partition coefficient (Wildman–Crippen LogP) is 2.52. The third-order valence-corrected chi connectivity index (χ3v) is 4.10. The molecule has 1 aliphatic rings. The van der Waals surface area contributed by atoms with E-state index in [1.807, 2.05) is 0 Å². The van der Waals surface area contributed by atoms with E-state index in [9.17, 15) is 13.2 Å². The van der Waals surface area contributed by atoms with Crippen LogP contribution in [-0.4, -0.2) is 29.5 Å². The number of fused-ring (bicyclic) bond motifs is 2. The van der Waals surface area contributed by atoms with Gasteiger partial charge < -0.3 is 14.9 Å². The van der Waals surface area contributed by atoms with Crippen molar-refractivity contribution in [3.63, 3.8) is 0 Å². The zero-order valence-electron chi connectivity index (χ0n) is 12.6. The van der Waals surface area contributed by atoms with Crippen LogP contribution in [0.4, 0.5) is 19.0 Å². The molecule has 0 saturated heterocycles. The molecule has 0 aromatic carbocycles. The van der Waals surface area contributed by atoms with Gasteiger partial charge in [0.15, 0.2) is 11.5 Å². The van der Waals surface area contributed by atoms with Crippen LogP contribution in [-0.2, 0) is 25.7 Å². The van der Waals surface area contributed by atoms with Crippen molar-refractivity contribution in [2.45, 2.75) is 38.5 Å². The molecule has 7 nitrogen and oxygen atoms in total. The molecule has 1 aliphatic heterocycles. The van der Waals surface area contributed by atoms with Gasteiger partial charge in [0.2, 0.25) is 5.82 Å². The maximum atomic E-state index is 13.2. The Hall–Kier alpha value is -2.65. The van der Waals surface area contributed by atoms with Gasteiger partial charge in [-0.2, -0.15) is 13.2 Å². The molecule has 3 aromatic rings. The standard InChI is InChI=1S/C14H14F3N7/c15-14(16,17)13-23-8(9-3-1-2-4-24(9)13)5-18-11-10-12(20-6-19-10)22-7-21-11/h6-7H,1-5H2,(H2,18,19,20,21,22). The third-order valence-electron chi connectivity index (χ3n) is 4.10. The van der Waals surface area contributed by atoms with Gasteiger partial charge in [0, 0.05) is 12.2 Å². The number of H-pyrrole nitrogens is 1. The van der Waals surface area contributed by atoms with Crippen molar-refractivity contribution < 1.29 is 13.2 Å².